The number of benzene rings is 1. The van der Waals surface area contributed by atoms with Crippen LogP contribution in [0.4, 0.5) is 5.69 Å². The summed E-state index contributed by atoms with van der Waals surface area (Å²) in [6, 6.07) is 10.7. The van der Waals surface area contributed by atoms with Crippen LogP contribution in [0.25, 0.3) is 11.1 Å². The summed E-state index contributed by atoms with van der Waals surface area (Å²) in [4.78, 5) is 2.46. The van der Waals surface area contributed by atoms with Crippen LogP contribution < -0.4 is 4.90 Å². The van der Waals surface area contributed by atoms with E-state index in [0.29, 0.717) is 0 Å². The van der Waals surface area contributed by atoms with Crippen LogP contribution in [0.2, 0.25) is 0 Å². The molecule has 0 spiro atoms. The van der Waals surface area contributed by atoms with E-state index in [1.54, 1.807) is 22.7 Å². The largest absolute Gasteiger partial charge is 0.363 e. The van der Waals surface area contributed by atoms with Gasteiger partial charge in [-0.25, -0.2) is 0 Å². The third-order valence-corrected chi connectivity index (χ3v) is 5.20. The Hall–Kier alpha value is -1.58. The van der Waals surface area contributed by atoms with Gasteiger partial charge in [0, 0.05) is 18.8 Å². The van der Waals surface area contributed by atoms with Gasteiger partial charge in [-0.3, -0.25) is 0 Å². The normalized spacial score (nSPS) is 13.8. The predicted molar refractivity (Wildman–Crippen MR) is 84.0 cm³/mol. The molecule has 3 aromatic rings. The van der Waals surface area contributed by atoms with E-state index >= 15 is 0 Å². The maximum absolute atomic E-state index is 2.46. The lowest BCUT2D eigenvalue weighted by atomic mass is 10.1. The summed E-state index contributed by atoms with van der Waals surface area (Å²) in [5, 5.41) is 9.15. The first-order chi connectivity index (χ1) is 9.42. The quantitative estimate of drug-likeness (QED) is 0.607. The molecule has 3 heterocycles. The lowest BCUT2D eigenvalue weighted by Crippen LogP contribution is -2.20. The molecule has 0 fully saturated rings. The second-order valence-corrected chi connectivity index (χ2v) is 6.30. The van der Waals surface area contributed by atoms with Gasteiger partial charge in [-0.1, -0.05) is 18.2 Å². The van der Waals surface area contributed by atoms with Crippen molar-refractivity contribution in [2.45, 2.75) is 13.1 Å². The van der Waals surface area contributed by atoms with Gasteiger partial charge >= 0.3 is 0 Å². The van der Waals surface area contributed by atoms with E-state index in [1.165, 1.54) is 27.9 Å². The highest BCUT2D eigenvalue weighted by Gasteiger charge is 2.20. The molecular formula is C16H13NS2. The summed E-state index contributed by atoms with van der Waals surface area (Å²) in [5.41, 5.74) is 7.06. The molecule has 0 unspecified atom stereocenters. The predicted octanol–water partition coefficient (Wildman–Crippen LogP) is 5.00. The fourth-order valence-corrected chi connectivity index (χ4v) is 4.35. The van der Waals surface area contributed by atoms with Crippen LogP contribution >= 0.6 is 22.7 Å². The SMILES string of the molecule is c1ccc(N2Cc3cscc3-c3cscc3C2)cc1. The lowest BCUT2D eigenvalue weighted by molar-refractivity contribution is 0.815. The molecule has 0 amide bonds. The van der Waals surface area contributed by atoms with Gasteiger partial charge in [0.15, 0.2) is 0 Å². The van der Waals surface area contributed by atoms with Gasteiger partial charge in [0.2, 0.25) is 0 Å². The minimum atomic E-state index is 1.00. The minimum Gasteiger partial charge on any atom is -0.363 e. The Bertz CT molecular complexity index is 654. The average Bonchev–Trinajstić information content (AvgIpc) is 3.06. The van der Waals surface area contributed by atoms with E-state index in [1.807, 2.05) is 0 Å². The molecule has 0 bridgehead atoms. The third-order valence-electron chi connectivity index (χ3n) is 3.62. The Labute approximate surface area is 120 Å². The average molecular weight is 283 g/mol. The highest BCUT2D eigenvalue weighted by molar-refractivity contribution is 7.09. The molecule has 1 aliphatic rings. The molecule has 1 nitrogen and oxygen atoms in total. The molecule has 2 aromatic heterocycles. The van der Waals surface area contributed by atoms with E-state index in [9.17, 15) is 0 Å². The third kappa shape index (κ3) is 1.90. The van der Waals surface area contributed by atoms with Crippen LogP contribution in [-0.2, 0) is 13.1 Å². The number of thiophene rings is 2. The van der Waals surface area contributed by atoms with Gasteiger partial charge in [0.25, 0.3) is 0 Å². The summed E-state index contributed by atoms with van der Waals surface area (Å²) in [6.45, 7) is 2.00. The van der Waals surface area contributed by atoms with E-state index in [0.717, 1.165) is 13.1 Å². The number of para-hydroxylation sites is 1. The first-order valence-electron chi connectivity index (χ1n) is 6.32. The van der Waals surface area contributed by atoms with Gasteiger partial charge in [-0.2, -0.15) is 22.7 Å². The van der Waals surface area contributed by atoms with E-state index in [2.05, 4.69) is 56.8 Å². The summed E-state index contributed by atoms with van der Waals surface area (Å²) in [6.07, 6.45) is 0. The zero-order valence-corrected chi connectivity index (χ0v) is 12.0. The van der Waals surface area contributed by atoms with Crippen molar-refractivity contribution in [2.75, 3.05) is 4.90 Å². The van der Waals surface area contributed by atoms with Crippen LogP contribution in [0.3, 0.4) is 0 Å². The van der Waals surface area contributed by atoms with Crippen LogP contribution in [0.5, 0.6) is 0 Å². The van der Waals surface area contributed by atoms with Crippen molar-refractivity contribution >= 4 is 28.4 Å². The zero-order valence-electron chi connectivity index (χ0n) is 10.4. The molecule has 1 aliphatic heterocycles. The second-order valence-electron chi connectivity index (χ2n) is 4.81. The van der Waals surface area contributed by atoms with E-state index in [-0.39, 0.29) is 0 Å². The van der Waals surface area contributed by atoms with Gasteiger partial charge in [-0.15, -0.1) is 0 Å². The summed E-state index contributed by atoms with van der Waals surface area (Å²) in [5.74, 6) is 0. The number of hydrogen-bond donors (Lipinski definition) is 0. The Kier molecular flexibility index (Phi) is 2.67. The van der Waals surface area contributed by atoms with E-state index < -0.39 is 0 Å². The summed E-state index contributed by atoms with van der Waals surface area (Å²) in [7, 11) is 0. The molecule has 0 aliphatic carbocycles. The highest BCUT2D eigenvalue weighted by atomic mass is 32.1. The number of hydrogen-bond acceptors (Lipinski definition) is 3. The molecule has 0 radical (unpaired) electrons. The molecule has 0 saturated carbocycles. The smallest absolute Gasteiger partial charge is 0.0447 e. The van der Waals surface area contributed by atoms with Gasteiger partial charge in [0.05, 0.1) is 0 Å². The second kappa shape index (κ2) is 4.51. The maximum Gasteiger partial charge on any atom is 0.0447 e. The minimum absolute atomic E-state index is 1.00. The number of nitrogens with zero attached hydrogens (tertiary/aromatic N) is 1. The van der Waals surface area contributed by atoms with Crippen LogP contribution in [0.15, 0.2) is 51.9 Å². The van der Waals surface area contributed by atoms with Crippen LogP contribution in [0.1, 0.15) is 11.1 Å². The molecule has 1 aromatic carbocycles. The van der Waals surface area contributed by atoms with Crippen LogP contribution in [0, 0.1) is 0 Å². The Balaban J connectivity index is 1.84. The van der Waals surface area contributed by atoms with Crippen molar-refractivity contribution in [3.63, 3.8) is 0 Å². The molecule has 94 valence electrons. The molecule has 3 heteroatoms. The van der Waals surface area contributed by atoms with Crippen molar-refractivity contribution in [3.8, 4) is 11.1 Å². The fraction of sp³-hybridized carbons (Fsp3) is 0.125. The number of rotatable bonds is 1. The first-order valence-corrected chi connectivity index (χ1v) is 8.21. The van der Waals surface area contributed by atoms with Gasteiger partial charge in [-0.05, 0) is 55.9 Å². The lowest BCUT2D eigenvalue weighted by Gasteiger charge is -2.23. The van der Waals surface area contributed by atoms with Crippen molar-refractivity contribution in [1.29, 1.82) is 0 Å². The van der Waals surface area contributed by atoms with Crippen molar-refractivity contribution in [2.24, 2.45) is 0 Å². The van der Waals surface area contributed by atoms with Crippen LogP contribution in [-0.4, -0.2) is 0 Å². The van der Waals surface area contributed by atoms with E-state index in [4.69, 9.17) is 0 Å². The van der Waals surface area contributed by atoms with Crippen molar-refractivity contribution in [1.82, 2.24) is 0 Å². The molecule has 19 heavy (non-hydrogen) atoms. The Morgan fingerprint density at radius 1 is 0.737 bits per heavy atom. The maximum atomic E-state index is 2.46. The molecule has 0 N–H and O–H groups in total. The Morgan fingerprint density at radius 2 is 1.32 bits per heavy atom. The number of fused-ring (bicyclic) bond motifs is 3. The molecule has 0 saturated heterocycles. The molecule has 0 atom stereocenters. The first kappa shape index (κ1) is 11.3. The molecule has 4 rings (SSSR count). The topological polar surface area (TPSA) is 3.24 Å². The van der Waals surface area contributed by atoms with Gasteiger partial charge in [0.1, 0.15) is 0 Å². The van der Waals surface area contributed by atoms with Crippen molar-refractivity contribution < 1.29 is 0 Å². The fourth-order valence-electron chi connectivity index (χ4n) is 2.65. The monoisotopic (exact) mass is 283 g/mol. The summed E-state index contributed by atoms with van der Waals surface area (Å²) >= 11 is 3.61. The summed E-state index contributed by atoms with van der Waals surface area (Å²) < 4.78 is 0. The standard InChI is InChI=1S/C16H13NS2/c1-2-4-14(5-3-1)17-6-12-8-18-10-15(12)16-11-19-9-13(16)7-17/h1-5,8-11H,6-7H2. The molecular weight excluding hydrogens is 270 g/mol. The van der Waals surface area contributed by atoms with Crippen molar-refractivity contribution in [3.05, 3.63) is 63.0 Å². The highest BCUT2D eigenvalue weighted by Crippen LogP contribution is 2.38. The van der Waals surface area contributed by atoms with Gasteiger partial charge < -0.3 is 4.90 Å². The zero-order chi connectivity index (χ0) is 12.7. The Morgan fingerprint density at radius 3 is 1.89 bits per heavy atom. The number of anilines is 1.